The van der Waals surface area contributed by atoms with Gasteiger partial charge in [0.2, 0.25) is 5.91 Å². The van der Waals surface area contributed by atoms with Crippen molar-refractivity contribution in [2.24, 2.45) is 28.6 Å². The molecule has 0 aliphatic carbocycles. The van der Waals surface area contributed by atoms with Crippen molar-refractivity contribution in [2.45, 2.75) is 105 Å². The normalized spacial score (nSPS) is 15.5. The highest BCUT2D eigenvalue weighted by atomic mass is 16.5. The summed E-state index contributed by atoms with van der Waals surface area (Å²) in [7, 11) is 0. The number of hydrogen-bond acceptors (Lipinski definition) is 5. The van der Waals surface area contributed by atoms with Gasteiger partial charge in [-0.15, -0.1) is 0 Å². The fourth-order valence-electron chi connectivity index (χ4n) is 4.35. The van der Waals surface area contributed by atoms with E-state index in [9.17, 15) is 4.79 Å². The Morgan fingerprint density at radius 2 is 1.85 bits per heavy atom. The van der Waals surface area contributed by atoms with Crippen molar-refractivity contribution in [1.82, 2.24) is 5.32 Å². The summed E-state index contributed by atoms with van der Waals surface area (Å²) >= 11 is 0. The van der Waals surface area contributed by atoms with Crippen LogP contribution < -0.4 is 15.8 Å². The topological polar surface area (TPSA) is 101 Å². The van der Waals surface area contributed by atoms with Gasteiger partial charge in [0.25, 0.3) is 0 Å². The molecule has 6 heteroatoms. The van der Waals surface area contributed by atoms with Gasteiger partial charge in [-0.05, 0) is 67.1 Å². The molecule has 34 heavy (non-hydrogen) atoms. The van der Waals surface area contributed by atoms with E-state index in [1.54, 1.807) is 0 Å². The molecule has 1 aromatic rings. The molecule has 0 saturated carbocycles. The first kappa shape index (κ1) is 30.1. The molecule has 0 radical (unpaired) electrons. The molecule has 0 spiro atoms. The molecule has 1 rings (SSSR count). The number of carbonyl (C=O) groups is 1. The highest BCUT2D eigenvalue weighted by molar-refractivity contribution is 5.78. The molecule has 194 valence electrons. The molecule has 4 atom stereocenters. The molecule has 0 bridgehead atoms. The number of carbonyl (C=O) groups excluding carboxylic acids is 1. The number of amides is 1. The van der Waals surface area contributed by atoms with Crippen molar-refractivity contribution in [1.29, 1.82) is 5.53 Å². The van der Waals surface area contributed by atoms with Gasteiger partial charge in [0.05, 0.1) is 12.6 Å². The van der Waals surface area contributed by atoms with Crippen LogP contribution in [0, 0.1) is 23.3 Å². The highest BCUT2D eigenvalue weighted by Gasteiger charge is 2.28. The summed E-state index contributed by atoms with van der Waals surface area (Å²) in [4.78, 5) is 12.4. The monoisotopic (exact) mass is 474 g/mol. The maximum absolute atomic E-state index is 12.4. The Bertz CT molecular complexity index is 757. The Morgan fingerprint density at radius 1 is 1.18 bits per heavy atom. The number of rotatable bonds is 15. The first-order valence-electron chi connectivity index (χ1n) is 13.1. The molecular weight excluding hydrogens is 424 g/mol. The van der Waals surface area contributed by atoms with Crippen molar-refractivity contribution in [3.05, 3.63) is 29.3 Å². The van der Waals surface area contributed by atoms with Crippen molar-refractivity contribution < 1.29 is 9.53 Å². The number of benzene rings is 1. The van der Waals surface area contributed by atoms with Crippen LogP contribution in [0.4, 0.5) is 0 Å². The molecule has 1 unspecified atom stereocenters. The number of ether oxygens (including phenoxy) is 1. The van der Waals surface area contributed by atoms with Crippen LogP contribution in [0.25, 0.3) is 0 Å². The average Bonchev–Trinajstić information content (AvgIpc) is 2.75. The van der Waals surface area contributed by atoms with Gasteiger partial charge in [-0.25, -0.2) is 5.53 Å². The first-order chi connectivity index (χ1) is 15.9. The fraction of sp³-hybridized carbons (Fsp3) is 0.750. The Labute approximate surface area is 208 Å². The lowest BCUT2D eigenvalue weighted by Gasteiger charge is -2.29. The van der Waals surface area contributed by atoms with E-state index in [4.69, 9.17) is 16.0 Å². The third-order valence-corrected chi connectivity index (χ3v) is 6.70. The molecule has 1 amide bonds. The molecule has 4 N–H and O–H groups in total. The molecule has 0 aromatic heterocycles. The van der Waals surface area contributed by atoms with Crippen molar-refractivity contribution in [3.8, 4) is 5.75 Å². The number of nitrogens with two attached hydrogens (primary N) is 1. The van der Waals surface area contributed by atoms with Gasteiger partial charge in [-0.3, -0.25) is 4.79 Å². The lowest BCUT2D eigenvalue weighted by Crippen LogP contribution is -2.40. The number of nitrogens with one attached hydrogen (secondary N) is 2. The van der Waals surface area contributed by atoms with E-state index >= 15 is 0 Å². The van der Waals surface area contributed by atoms with Crippen LogP contribution in [0.5, 0.6) is 5.75 Å². The Hall–Kier alpha value is -1.95. The summed E-state index contributed by atoms with van der Waals surface area (Å²) < 4.78 is 5.98. The second-order valence-electron chi connectivity index (χ2n) is 11.1. The second kappa shape index (κ2) is 14.4. The minimum atomic E-state index is -0.312. The van der Waals surface area contributed by atoms with Crippen LogP contribution in [0.3, 0.4) is 0 Å². The fourth-order valence-corrected chi connectivity index (χ4v) is 4.35. The SMILES string of the molecule is CCCCNC(=O)C(C)C[C@H](N)[C@H](C[C@H](Cc1ccc(C(C)(C)C)c(OCC)c1)C(C)C)N=N. The van der Waals surface area contributed by atoms with Crippen LogP contribution in [-0.2, 0) is 16.6 Å². The lowest BCUT2D eigenvalue weighted by atomic mass is 9.80. The molecule has 0 saturated heterocycles. The minimum absolute atomic E-state index is 0.0158. The van der Waals surface area contributed by atoms with Gasteiger partial charge in [-0.1, -0.05) is 67.0 Å². The van der Waals surface area contributed by atoms with E-state index in [2.05, 4.69) is 70.2 Å². The summed E-state index contributed by atoms with van der Waals surface area (Å²) in [5, 5.41) is 6.89. The van der Waals surface area contributed by atoms with E-state index < -0.39 is 0 Å². The predicted octanol–water partition coefficient (Wildman–Crippen LogP) is 6.26. The van der Waals surface area contributed by atoms with Crippen LogP contribution in [0.2, 0.25) is 0 Å². The van der Waals surface area contributed by atoms with E-state index in [0.29, 0.717) is 31.4 Å². The molecule has 0 aliphatic rings. The van der Waals surface area contributed by atoms with E-state index in [0.717, 1.165) is 31.4 Å². The summed E-state index contributed by atoms with van der Waals surface area (Å²) in [6.45, 7) is 18.4. The molecule has 0 fully saturated rings. The van der Waals surface area contributed by atoms with E-state index in [1.807, 2.05) is 13.8 Å². The van der Waals surface area contributed by atoms with Crippen LogP contribution >= 0.6 is 0 Å². The zero-order valence-electron chi connectivity index (χ0n) is 22.9. The Balaban J connectivity index is 2.91. The maximum Gasteiger partial charge on any atom is 0.222 e. The largest absolute Gasteiger partial charge is 0.494 e. The van der Waals surface area contributed by atoms with Gasteiger partial charge < -0.3 is 15.8 Å². The molecular formula is C28H50N4O2. The molecule has 0 aliphatic heterocycles. The lowest BCUT2D eigenvalue weighted by molar-refractivity contribution is -0.124. The van der Waals surface area contributed by atoms with Crippen LogP contribution in [0.15, 0.2) is 23.3 Å². The van der Waals surface area contributed by atoms with Gasteiger partial charge in [0, 0.05) is 18.5 Å². The van der Waals surface area contributed by atoms with E-state index in [1.165, 1.54) is 11.1 Å². The van der Waals surface area contributed by atoms with E-state index in [-0.39, 0.29) is 29.3 Å². The summed E-state index contributed by atoms with van der Waals surface area (Å²) in [5.74, 6) is 1.55. The average molecular weight is 475 g/mol. The maximum atomic E-state index is 12.4. The van der Waals surface area contributed by atoms with Crippen molar-refractivity contribution >= 4 is 5.91 Å². The summed E-state index contributed by atoms with van der Waals surface area (Å²) in [6.07, 6.45) is 4.18. The zero-order valence-corrected chi connectivity index (χ0v) is 22.9. The second-order valence-corrected chi connectivity index (χ2v) is 11.1. The van der Waals surface area contributed by atoms with Crippen LogP contribution in [-0.4, -0.2) is 31.1 Å². The van der Waals surface area contributed by atoms with Gasteiger partial charge in [0.15, 0.2) is 0 Å². The minimum Gasteiger partial charge on any atom is -0.494 e. The van der Waals surface area contributed by atoms with Crippen molar-refractivity contribution in [2.75, 3.05) is 13.2 Å². The summed E-state index contributed by atoms with van der Waals surface area (Å²) in [5.41, 5.74) is 16.7. The number of nitrogens with zero attached hydrogens (tertiary/aromatic N) is 1. The highest BCUT2D eigenvalue weighted by Crippen LogP contribution is 2.34. The van der Waals surface area contributed by atoms with Crippen LogP contribution in [0.1, 0.15) is 92.2 Å². The smallest absolute Gasteiger partial charge is 0.222 e. The standard InChI is InChI=1S/C28H50N4O2/c1-9-11-14-31-27(33)20(5)15-24(29)25(32-30)18-22(19(3)4)16-21-12-13-23(28(6,7)8)26(17-21)34-10-2/h12-13,17,19-20,22,24-25,30H,9-11,14-16,18,29H2,1-8H3,(H,31,33)/t20?,22-,24-,25-/m0/s1. The molecule has 1 aromatic carbocycles. The first-order valence-corrected chi connectivity index (χ1v) is 13.1. The number of hydrogen-bond donors (Lipinski definition) is 3. The van der Waals surface area contributed by atoms with Gasteiger partial charge >= 0.3 is 0 Å². The summed E-state index contributed by atoms with van der Waals surface area (Å²) in [6, 6.07) is 5.96. The molecule has 0 heterocycles. The van der Waals surface area contributed by atoms with Crippen molar-refractivity contribution in [3.63, 3.8) is 0 Å². The quantitative estimate of drug-likeness (QED) is 0.207. The third kappa shape index (κ3) is 9.73. The van der Waals surface area contributed by atoms with Gasteiger partial charge in [0.1, 0.15) is 5.75 Å². The Kier molecular flexibility index (Phi) is 12.8. The predicted molar refractivity (Wildman–Crippen MR) is 142 cm³/mol. The number of unbranched alkanes of at least 4 members (excludes halogenated alkanes) is 1. The molecule has 6 nitrogen and oxygen atoms in total. The third-order valence-electron chi connectivity index (χ3n) is 6.70. The zero-order chi connectivity index (χ0) is 25.9. The Morgan fingerprint density at radius 3 is 2.38 bits per heavy atom. The van der Waals surface area contributed by atoms with Gasteiger partial charge in [-0.2, -0.15) is 5.11 Å².